The second-order valence-electron chi connectivity index (χ2n) is 5.82. The van der Waals surface area contributed by atoms with E-state index in [9.17, 15) is 14.1 Å². The van der Waals surface area contributed by atoms with Gasteiger partial charge in [0.1, 0.15) is 18.2 Å². The summed E-state index contributed by atoms with van der Waals surface area (Å²) in [5.41, 5.74) is 1.97. The molecule has 7 nitrogen and oxygen atoms in total. The summed E-state index contributed by atoms with van der Waals surface area (Å²) in [7, 11) is 0. The van der Waals surface area contributed by atoms with Crippen LogP contribution in [0.1, 0.15) is 5.69 Å². The Morgan fingerprint density at radius 1 is 1.26 bits per heavy atom. The van der Waals surface area contributed by atoms with E-state index in [-0.39, 0.29) is 12.4 Å². The first-order valence-electron chi connectivity index (χ1n) is 7.94. The number of anilines is 1. The standard InChI is InChI=1S/C18H17ClN2O5S/c1-11-18(26-14-5-2-12(19)3-6-14)15-8-13(20-10-27(24)25)4-7-16(15)21(11)9-17(22)23/h2-8,20H,9-10H2,1H3,(H,22,23)(H,24,25). The molecule has 1 atom stereocenters. The van der Waals surface area contributed by atoms with Gasteiger partial charge in [-0.25, -0.2) is 4.21 Å². The molecule has 0 amide bonds. The van der Waals surface area contributed by atoms with Crippen molar-refractivity contribution in [3.8, 4) is 11.5 Å². The number of halogens is 1. The maximum absolute atomic E-state index is 11.3. The number of rotatable bonds is 7. The summed E-state index contributed by atoms with van der Waals surface area (Å²) in [6.07, 6.45) is 0. The minimum atomic E-state index is -1.98. The van der Waals surface area contributed by atoms with Gasteiger partial charge in [0.15, 0.2) is 16.8 Å². The predicted molar refractivity (Wildman–Crippen MR) is 105 cm³/mol. The van der Waals surface area contributed by atoms with Crippen LogP contribution in [0.3, 0.4) is 0 Å². The summed E-state index contributed by atoms with van der Waals surface area (Å²) in [6, 6.07) is 12.1. The molecule has 0 aliphatic carbocycles. The van der Waals surface area contributed by atoms with Crippen molar-refractivity contribution < 1.29 is 23.4 Å². The number of carbonyl (C=O) groups is 1. The van der Waals surface area contributed by atoms with Gasteiger partial charge >= 0.3 is 5.97 Å². The highest BCUT2D eigenvalue weighted by Crippen LogP contribution is 2.37. The Morgan fingerprint density at radius 2 is 1.96 bits per heavy atom. The number of aliphatic carboxylic acids is 1. The van der Waals surface area contributed by atoms with Crippen molar-refractivity contribution in [1.29, 1.82) is 0 Å². The second-order valence-corrected chi connectivity index (χ2v) is 7.19. The molecular formula is C18H17ClN2O5S. The maximum atomic E-state index is 11.3. The predicted octanol–water partition coefficient (Wildman–Crippen LogP) is 4.07. The molecule has 0 bridgehead atoms. The Morgan fingerprint density at radius 3 is 2.59 bits per heavy atom. The normalized spacial score (nSPS) is 12.1. The van der Waals surface area contributed by atoms with Crippen LogP contribution in [0, 0.1) is 6.92 Å². The quantitative estimate of drug-likeness (QED) is 0.509. The number of benzene rings is 2. The summed E-state index contributed by atoms with van der Waals surface area (Å²) >= 11 is 3.92. The molecule has 142 valence electrons. The van der Waals surface area contributed by atoms with Crippen LogP contribution in [0.4, 0.5) is 5.69 Å². The minimum Gasteiger partial charge on any atom is -0.480 e. The van der Waals surface area contributed by atoms with E-state index in [4.69, 9.17) is 20.9 Å². The molecule has 9 heteroatoms. The third kappa shape index (κ3) is 4.41. The van der Waals surface area contributed by atoms with Crippen LogP contribution in [0.2, 0.25) is 5.02 Å². The molecule has 1 aromatic heterocycles. The molecule has 0 saturated carbocycles. The van der Waals surface area contributed by atoms with Gasteiger partial charge in [-0.2, -0.15) is 0 Å². The molecule has 1 unspecified atom stereocenters. The smallest absolute Gasteiger partial charge is 0.323 e. The van der Waals surface area contributed by atoms with E-state index >= 15 is 0 Å². The van der Waals surface area contributed by atoms with Crippen LogP contribution in [-0.4, -0.2) is 30.3 Å². The van der Waals surface area contributed by atoms with Crippen molar-refractivity contribution in [3.63, 3.8) is 0 Å². The van der Waals surface area contributed by atoms with Crippen LogP contribution < -0.4 is 10.1 Å². The number of nitrogens with zero attached hydrogens (tertiary/aromatic N) is 1. The van der Waals surface area contributed by atoms with Crippen molar-refractivity contribution >= 4 is 45.2 Å². The molecule has 0 spiro atoms. The number of hydrogen-bond acceptors (Lipinski definition) is 4. The third-order valence-electron chi connectivity index (χ3n) is 3.99. The third-order valence-corrected chi connectivity index (χ3v) is 4.64. The number of carboxylic acids is 1. The van der Waals surface area contributed by atoms with Gasteiger partial charge in [-0.1, -0.05) is 11.6 Å². The lowest BCUT2D eigenvalue weighted by molar-refractivity contribution is -0.137. The summed E-state index contributed by atoms with van der Waals surface area (Å²) < 4.78 is 27.5. The highest BCUT2D eigenvalue weighted by molar-refractivity contribution is 7.79. The zero-order valence-electron chi connectivity index (χ0n) is 14.3. The van der Waals surface area contributed by atoms with Gasteiger partial charge in [-0.3, -0.25) is 4.79 Å². The molecule has 0 saturated heterocycles. The molecule has 0 aliphatic heterocycles. The average Bonchev–Trinajstić information content (AvgIpc) is 2.86. The van der Waals surface area contributed by atoms with Crippen LogP contribution in [-0.2, 0) is 22.4 Å². The first kappa shape index (κ1) is 19.2. The summed E-state index contributed by atoms with van der Waals surface area (Å²) in [5, 5.41) is 13.4. The van der Waals surface area contributed by atoms with Gasteiger partial charge in [0.2, 0.25) is 0 Å². The molecule has 27 heavy (non-hydrogen) atoms. The maximum Gasteiger partial charge on any atom is 0.323 e. The molecular weight excluding hydrogens is 392 g/mol. The monoisotopic (exact) mass is 408 g/mol. The van der Waals surface area contributed by atoms with Gasteiger partial charge in [-0.05, 0) is 49.4 Å². The lowest BCUT2D eigenvalue weighted by atomic mass is 10.2. The SMILES string of the molecule is Cc1c(Oc2ccc(Cl)cc2)c2cc(NCS(=O)O)ccc2n1CC(=O)O. The molecule has 3 aromatic rings. The number of aromatic nitrogens is 1. The highest BCUT2D eigenvalue weighted by atomic mass is 35.5. The van der Waals surface area contributed by atoms with Crippen molar-refractivity contribution in [2.24, 2.45) is 0 Å². The second kappa shape index (κ2) is 7.99. The van der Waals surface area contributed by atoms with Crippen LogP contribution in [0.15, 0.2) is 42.5 Å². The van der Waals surface area contributed by atoms with E-state index in [1.54, 1.807) is 54.0 Å². The Bertz CT molecular complexity index is 1020. The van der Waals surface area contributed by atoms with Gasteiger partial charge in [-0.15, -0.1) is 0 Å². The van der Waals surface area contributed by atoms with E-state index in [1.807, 2.05) is 0 Å². The highest BCUT2D eigenvalue weighted by Gasteiger charge is 2.18. The Labute approximate surface area is 162 Å². The fourth-order valence-electron chi connectivity index (χ4n) is 2.79. The molecule has 0 aliphatic rings. The molecule has 0 fully saturated rings. The Kier molecular flexibility index (Phi) is 5.69. The van der Waals surface area contributed by atoms with Crippen LogP contribution >= 0.6 is 11.6 Å². The van der Waals surface area contributed by atoms with Crippen molar-refractivity contribution in [2.75, 3.05) is 11.2 Å². The van der Waals surface area contributed by atoms with E-state index in [0.29, 0.717) is 38.8 Å². The van der Waals surface area contributed by atoms with Crippen molar-refractivity contribution in [2.45, 2.75) is 13.5 Å². The Balaban J connectivity index is 2.08. The number of fused-ring (bicyclic) bond motifs is 1. The van der Waals surface area contributed by atoms with Crippen molar-refractivity contribution in [1.82, 2.24) is 4.57 Å². The molecule has 3 rings (SSSR count). The molecule has 1 heterocycles. The van der Waals surface area contributed by atoms with E-state index in [2.05, 4.69) is 5.32 Å². The number of hydrogen-bond donors (Lipinski definition) is 3. The minimum absolute atomic E-state index is 0.117. The van der Waals surface area contributed by atoms with Crippen LogP contribution in [0.25, 0.3) is 10.9 Å². The molecule has 0 radical (unpaired) electrons. The lowest BCUT2D eigenvalue weighted by Gasteiger charge is -2.07. The van der Waals surface area contributed by atoms with E-state index < -0.39 is 17.0 Å². The van der Waals surface area contributed by atoms with Gasteiger partial charge in [0.05, 0.1) is 11.2 Å². The van der Waals surface area contributed by atoms with Gasteiger partial charge in [0, 0.05) is 16.1 Å². The topological polar surface area (TPSA) is 101 Å². The number of nitrogens with one attached hydrogen (secondary N) is 1. The Hall–Kier alpha value is -2.55. The van der Waals surface area contributed by atoms with Crippen molar-refractivity contribution in [3.05, 3.63) is 53.2 Å². The number of ether oxygens (including phenoxy) is 1. The largest absolute Gasteiger partial charge is 0.480 e. The average molecular weight is 409 g/mol. The lowest BCUT2D eigenvalue weighted by Crippen LogP contribution is -2.10. The van der Waals surface area contributed by atoms with E-state index in [1.165, 1.54) is 0 Å². The van der Waals surface area contributed by atoms with Crippen LogP contribution in [0.5, 0.6) is 11.5 Å². The zero-order chi connectivity index (χ0) is 19.6. The summed E-state index contributed by atoms with van der Waals surface area (Å²) in [4.78, 5) is 11.3. The molecule has 3 N–H and O–H groups in total. The number of carboxylic acid groups (broad SMARTS) is 1. The van der Waals surface area contributed by atoms with Gasteiger partial charge in [0.25, 0.3) is 0 Å². The summed E-state index contributed by atoms with van der Waals surface area (Å²) in [5.74, 6) is -0.00629. The zero-order valence-corrected chi connectivity index (χ0v) is 15.9. The molecule has 2 aromatic carbocycles. The van der Waals surface area contributed by atoms with Gasteiger partial charge < -0.3 is 24.3 Å². The van der Waals surface area contributed by atoms with E-state index in [0.717, 1.165) is 0 Å². The first-order valence-corrected chi connectivity index (χ1v) is 9.60. The fourth-order valence-corrected chi connectivity index (χ4v) is 3.21. The fraction of sp³-hybridized carbons (Fsp3) is 0.167. The summed E-state index contributed by atoms with van der Waals surface area (Å²) in [6.45, 7) is 1.57. The first-order chi connectivity index (χ1) is 12.8.